The molecular formula is C72H93N26O36P7S7. The van der Waals surface area contributed by atoms with Crippen LogP contribution in [0.25, 0.3) is 44.7 Å². The third-order valence-electron chi connectivity index (χ3n) is 24.5. The van der Waals surface area contributed by atoms with Crippen molar-refractivity contribution in [2.24, 2.45) is 0 Å². The Morgan fingerprint density at radius 1 is 0.318 bits per heavy atom. The quantitative estimate of drug-likeness (QED) is 0.0155. The highest BCUT2D eigenvalue weighted by molar-refractivity contribution is 8.46. The maximum atomic E-state index is 15.2. The van der Waals surface area contributed by atoms with E-state index in [1.807, 2.05) is 0 Å². The first kappa shape index (κ1) is 110. The van der Waals surface area contributed by atoms with Crippen LogP contribution in [0.5, 0.6) is 0 Å². The van der Waals surface area contributed by atoms with Gasteiger partial charge in [0.05, 0.1) is 77.2 Å². The largest absolute Gasteiger partial charge is 0.386 e. The van der Waals surface area contributed by atoms with Gasteiger partial charge in [0.1, 0.15) is 141 Å². The molecule has 0 amide bonds. The number of rotatable bonds is 41. The molecule has 804 valence electrons. The molecule has 7 aliphatic rings. The summed E-state index contributed by atoms with van der Waals surface area (Å²) in [4.78, 5) is 158. The van der Waals surface area contributed by atoms with Crippen LogP contribution in [0, 0.1) is 20.8 Å². The van der Waals surface area contributed by atoms with Gasteiger partial charge in [0.25, 0.3) is 27.8 Å². The molecule has 62 nitrogen and oxygen atoms in total. The number of nitrogens with two attached hydrogens (primary N) is 4. The van der Waals surface area contributed by atoms with E-state index in [0.29, 0.717) is 17.6 Å². The van der Waals surface area contributed by atoms with E-state index < -0.39 is 274 Å². The third-order valence-corrected chi connectivity index (χ3v) is 36.1. The predicted molar refractivity (Wildman–Crippen MR) is 536 cm³/mol. The van der Waals surface area contributed by atoms with Gasteiger partial charge in [-0.2, -0.15) is 9.97 Å². The smallest absolute Gasteiger partial charge is 0.382 e. The van der Waals surface area contributed by atoms with E-state index in [0.717, 1.165) is 39.7 Å². The van der Waals surface area contributed by atoms with Crippen molar-refractivity contribution in [3.8, 4) is 0 Å². The van der Waals surface area contributed by atoms with Crippen molar-refractivity contribution < 1.29 is 128 Å². The van der Waals surface area contributed by atoms with E-state index in [9.17, 15) is 56.6 Å². The third kappa shape index (κ3) is 24.8. The van der Waals surface area contributed by atoms with Crippen molar-refractivity contribution in [1.82, 2.24) is 107 Å². The van der Waals surface area contributed by atoms with Crippen molar-refractivity contribution in [1.29, 1.82) is 0 Å². The Kier molecular flexibility index (Phi) is 32.6. The molecule has 18 heterocycles. The lowest BCUT2D eigenvalue weighted by Gasteiger charge is -2.27. The number of hydrogen-bond acceptors (Lipinski definition) is 50. The second kappa shape index (κ2) is 43.9. The van der Waals surface area contributed by atoms with E-state index in [1.165, 1.54) is 72.2 Å². The molecule has 0 saturated carbocycles. The Bertz CT molecular complexity index is 7810. The molecule has 11 aromatic heterocycles. The van der Waals surface area contributed by atoms with Crippen LogP contribution in [0.15, 0.2) is 94.9 Å². The van der Waals surface area contributed by atoms with Crippen LogP contribution in [0.4, 0.5) is 23.5 Å². The molecule has 0 aromatic carbocycles. The number of ether oxygens (including phenoxy) is 7. The normalized spacial score (nSPS) is 29.3. The van der Waals surface area contributed by atoms with Crippen molar-refractivity contribution in [2.45, 2.75) is 208 Å². The lowest BCUT2D eigenvalue weighted by atomic mass is 10.1. The molecular weight excluding hydrogens is 2250 g/mol. The van der Waals surface area contributed by atoms with Gasteiger partial charge in [-0.05, 0) is 27.2 Å². The molecule has 148 heavy (non-hydrogen) atoms. The molecule has 0 radical (unpaired) electrons. The summed E-state index contributed by atoms with van der Waals surface area (Å²) in [7, 11) is 1.09. The van der Waals surface area contributed by atoms with Gasteiger partial charge in [-0.15, -0.1) is 0 Å². The average Bonchev–Trinajstić information content (AvgIpc) is 1.62. The van der Waals surface area contributed by atoms with E-state index >= 15 is 13.7 Å². The highest BCUT2D eigenvalue weighted by atomic mass is 32.7. The van der Waals surface area contributed by atoms with Crippen molar-refractivity contribution in [3.63, 3.8) is 0 Å². The van der Waals surface area contributed by atoms with Gasteiger partial charge in [-0.25, -0.2) is 86.2 Å². The average molecular weight is 2340 g/mol. The molecule has 11 aromatic rings. The topological polar surface area (TPSA) is 796 Å². The fourth-order valence-electron chi connectivity index (χ4n) is 17.4. The molecule has 0 aliphatic carbocycles. The Hall–Kier alpha value is -7.74. The first-order valence-corrected chi connectivity index (χ1v) is 63.1. The minimum absolute atomic E-state index is 0.0220. The Labute approximate surface area is 865 Å². The van der Waals surface area contributed by atoms with Crippen LogP contribution in [-0.2, 0) is 128 Å². The maximum absolute atomic E-state index is 15.2. The summed E-state index contributed by atoms with van der Waals surface area (Å²) in [5.74, 6) is -0.538. The zero-order valence-corrected chi connectivity index (χ0v) is 89.6. The molecule has 0 spiro atoms. The SMILES string of the molecule is CC[C@H]1O[C@@H](n2cnc3c(N)ncnc32)CC1OP(=O)(S)OC[C@H]1O[C@@H](n2cc(C)c(=O)[nH]c2=O)CC1OP(=O)(S)OC[C@H]1O[C@@H](n2cc(C)c(=O)[nH]c2=O)CC1OP(=O)(S)OC[C@H]1O[C@@H](n2cnc3c(=O)[nH]c(N)nc32)CC1OP(=O)(S)OC[C@H]1O[C@@H](n2cnc3c(=O)[nH]c(N)nc32)CC1OP(=O)(S)OC[C@H]1O[C@@H](n2cc(C)c(=O)[nH]c2=O)CC1OP(=O)(S)OC[C@H]1O[C@@H](n2cnc3c(N)ncnc32)CC1OP(=O)(S)OC. The minimum atomic E-state index is -4.95. The van der Waals surface area contributed by atoms with Gasteiger partial charge in [0.15, 0.2) is 45.3 Å². The fraction of sp³-hybridized carbons (Fsp3) is 0.556. The van der Waals surface area contributed by atoms with Crippen molar-refractivity contribution in [3.05, 3.63) is 156 Å². The standard InChI is InChI=1S/C72H93N26O36P7S7/c1-6-32-33(7-49(121-32)95-25-81-53-57(73)77-23-79-59(53)95)129-136(108,143)115-18-41-35(8-46(122-41)92-14-29(2)63(99)89-70(92)104)131-138(110,145)117-19-42-37(10-48(123-42)94-16-31(4)65(101)91-72(94)106)132-139(111,146)119-21-44-39(13-52(126-44)98-28-84-56-62(98)86-69(76)88-67(56)103)134-141(113,148)120-22-45-38(12-51(127-45)97-27-83-55-61(97)85-68(75)87-66(55)102)133-140(112,147)118-20-43-36(9-47(124-43)93-15-30(3)64(100)90-71(93)105)130-137(109,144)116-17-40-34(128-135(107,142)114-5)11-50(125-40)96-26-82-54-58(74)78-24-80-60(54)96/h14-16,23-28,32-52H,6-13,17-22H2,1-5H3,(H,107,142)(H,108,143)(H,109,144)(H,110,145)(H,111,146)(H,112,147)(H,113,148)(H2,73,77,79)(H2,74,78,80)(H,89,99,104)(H,90,100,105)(H,91,101,106)(H3,75,85,87,102)(H3,76,86,88,103)/t32-,33?,34?,35?,36?,37?,38?,39?,40-,41-,42-,43-,44-,45-,46-,47-,48-,49-,50-,51-,52-,135?,136?,137?,138?,139?,140?,141?/m1/s1. The van der Waals surface area contributed by atoms with Crippen molar-refractivity contribution >= 4 is 202 Å². The van der Waals surface area contributed by atoms with E-state index in [1.54, 1.807) is 11.5 Å². The summed E-state index contributed by atoms with van der Waals surface area (Å²) < 4.78 is 238. The molecule has 28 atom stereocenters. The minimum Gasteiger partial charge on any atom is -0.382 e. The zero-order valence-electron chi connectivity index (χ0n) is 77.1. The molecule has 7 saturated heterocycles. The molecule has 76 heteroatoms. The second-order valence-electron chi connectivity index (χ2n) is 34.4. The summed E-state index contributed by atoms with van der Waals surface area (Å²) >= 11 is 30.1. The fourth-order valence-corrected chi connectivity index (χ4v) is 27.6. The summed E-state index contributed by atoms with van der Waals surface area (Å²) in [6, 6.07) is 0. The number of fused-ring (bicyclic) bond motifs is 4. The molecule has 0 bridgehead atoms. The summed E-state index contributed by atoms with van der Waals surface area (Å²) in [6.45, 7) is -31.8. The number of hydrogen-bond donors (Lipinski definition) is 16. The number of nitrogens with one attached hydrogen (secondary N) is 5. The van der Waals surface area contributed by atoms with Crippen molar-refractivity contribution in [2.75, 3.05) is 69.7 Å². The maximum Gasteiger partial charge on any atom is 0.386 e. The number of imidazole rings is 4. The number of aromatic amines is 5. The highest BCUT2D eigenvalue weighted by Crippen LogP contribution is 2.65. The van der Waals surface area contributed by atoms with Crippen LogP contribution in [0.2, 0.25) is 0 Å². The van der Waals surface area contributed by atoms with Gasteiger partial charge in [0, 0.05) is 87.3 Å². The monoisotopic (exact) mass is 2340 g/mol. The van der Waals surface area contributed by atoms with Crippen LogP contribution in [-0.4, -0.2) is 239 Å². The van der Waals surface area contributed by atoms with Crippen LogP contribution >= 0.6 is 133 Å². The number of thiol groups is 7. The number of nitrogens with zero attached hydrogens (tertiary/aromatic N) is 17. The molecule has 18 rings (SSSR count). The molecule has 7 fully saturated rings. The Morgan fingerprint density at radius 2 is 0.547 bits per heavy atom. The number of H-pyrrole nitrogens is 5. The predicted octanol–water partition coefficient (Wildman–Crippen LogP) is 5.97. The Morgan fingerprint density at radius 3 is 0.804 bits per heavy atom. The van der Waals surface area contributed by atoms with Gasteiger partial charge < -0.3 is 60.6 Å². The van der Waals surface area contributed by atoms with Gasteiger partial charge >= 0.3 is 64.7 Å². The Balaban J connectivity index is 0.564. The van der Waals surface area contributed by atoms with E-state index in [4.69, 9.17) is 119 Å². The first-order valence-electron chi connectivity index (χ1n) is 44.3. The van der Waals surface area contributed by atoms with Gasteiger partial charge in [0.2, 0.25) is 11.9 Å². The van der Waals surface area contributed by atoms with Gasteiger partial charge in [-0.3, -0.25) is 140 Å². The summed E-state index contributed by atoms with van der Waals surface area (Å²) in [6.07, 6.45) is -18.3. The highest BCUT2D eigenvalue weighted by Gasteiger charge is 2.53. The summed E-state index contributed by atoms with van der Waals surface area (Å²) in [5, 5.41) is 0. The summed E-state index contributed by atoms with van der Waals surface area (Å²) in [5.41, 5.74) is 18.0. The first-order chi connectivity index (χ1) is 69.9. The number of aryl methyl sites for hydroxylation is 3. The number of anilines is 4. The molecule has 7 aliphatic heterocycles. The molecule has 13 N–H and O–H groups in total. The van der Waals surface area contributed by atoms with Crippen LogP contribution in [0.3, 0.4) is 0 Å². The number of nitrogen functional groups attached to an aromatic ring is 4. The van der Waals surface area contributed by atoms with Crippen LogP contribution < -0.4 is 67.8 Å². The lowest BCUT2D eigenvalue weighted by molar-refractivity contribution is -0.0531. The van der Waals surface area contributed by atoms with E-state index in [-0.39, 0.29) is 106 Å². The van der Waals surface area contributed by atoms with Crippen LogP contribution in [0.1, 0.15) is 119 Å². The van der Waals surface area contributed by atoms with E-state index in [2.05, 4.69) is 161 Å². The van der Waals surface area contributed by atoms with Gasteiger partial charge in [-0.1, -0.05) is 92.7 Å². The molecule has 14 unspecified atom stereocenters. The number of aromatic nitrogens is 22. The second-order valence-corrected chi connectivity index (χ2v) is 54.6. The zero-order chi connectivity index (χ0) is 106. The lowest BCUT2D eigenvalue weighted by Crippen LogP contribution is -2.33.